The van der Waals surface area contributed by atoms with E-state index in [2.05, 4.69) is 26.3 Å². The number of hydrogen-bond donors (Lipinski definition) is 1. The van der Waals surface area contributed by atoms with Crippen LogP contribution in [0, 0.1) is 0 Å². The largest absolute Gasteiger partial charge is 0.493 e. The number of carbonyl (C=O) groups is 1. The highest BCUT2D eigenvalue weighted by atomic mass is 32.2. The Morgan fingerprint density at radius 2 is 2.10 bits per heavy atom. The zero-order valence-electron chi connectivity index (χ0n) is 17.3. The number of nitrogens with one attached hydrogen (secondary N) is 1. The van der Waals surface area contributed by atoms with E-state index in [1.54, 1.807) is 23.9 Å². The van der Waals surface area contributed by atoms with Gasteiger partial charge in [-0.3, -0.25) is 4.79 Å². The topological polar surface area (TPSA) is 69.0 Å². The number of ether oxygens (including phenoxy) is 1. The highest BCUT2D eigenvalue weighted by molar-refractivity contribution is 7.98. The van der Waals surface area contributed by atoms with Crippen molar-refractivity contribution in [1.82, 2.24) is 20.1 Å². The molecular weight excluding hydrogens is 384 g/mol. The number of aryl methyl sites for hydroxylation is 1. The molecule has 156 valence electrons. The van der Waals surface area contributed by atoms with E-state index >= 15 is 0 Å². The predicted molar refractivity (Wildman–Crippen MR) is 117 cm³/mol. The number of amides is 1. The van der Waals surface area contributed by atoms with Crippen molar-refractivity contribution in [2.75, 3.05) is 19.4 Å². The van der Waals surface area contributed by atoms with E-state index in [-0.39, 0.29) is 5.91 Å². The Bertz CT molecular complexity index is 828. The fourth-order valence-corrected chi connectivity index (χ4v) is 4.31. The second kappa shape index (κ2) is 11.0. The van der Waals surface area contributed by atoms with Crippen molar-refractivity contribution in [3.63, 3.8) is 0 Å². The lowest BCUT2D eigenvalue weighted by atomic mass is 10.2. The van der Waals surface area contributed by atoms with Gasteiger partial charge >= 0.3 is 0 Å². The fraction of sp³-hybridized carbons (Fsp3) is 0.500. The van der Waals surface area contributed by atoms with Crippen molar-refractivity contribution in [3.8, 4) is 5.75 Å². The lowest BCUT2D eigenvalue weighted by molar-refractivity contribution is -0.116. The van der Waals surface area contributed by atoms with E-state index in [1.165, 1.54) is 25.7 Å². The fourth-order valence-electron chi connectivity index (χ4n) is 3.73. The number of hydrogen-bond acceptors (Lipinski definition) is 5. The van der Waals surface area contributed by atoms with Crippen LogP contribution in [0.5, 0.6) is 5.75 Å². The summed E-state index contributed by atoms with van der Waals surface area (Å²) in [5, 5.41) is 12.7. The summed E-state index contributed by atoms with van der Waals surface area (Å²) >= 11 is 1.66. The second-order valence-electron chi connectivity index (χ2n) is 7.11. The first-order chi connectivity index (χ1) is 14.2. The average Bonchev–Trinajstić information content (AvgIpc) is 3.40. The Morgan fingerprint density at radius 3 is 2.86 bits per heavy atom. The molecular formula is C22H30N4O2S. The van der Waals surface area contributed by atoms with Crippen LogP contribution in [0.1, 0.15) is 56.5 Å². The first kappa shape index (κ1) is 21.4. The van der Waals surface area contributed by atoms with Crippen LogP contribution in [0.3, 0.4) is 0 Å². The standard InChI is InChI=1S/C22H30N4O2S/c1-3-28-19-12-7-4-9-17(19)14-15-21(27)23-16-8-13-20-24-25-22(29-2)26(20)18-10-5-6-11-18/h4,7,9,12,14-15,18H,3,5-6,8,10-11,13,16H2,1-2H3,(H,23,27)/b15-14+. The van der Waals surface area contributed by atoms with Gasteiger partial charge in [-0.05, 0) is 44.6 Å². The minimum absolute atomic E-state index is 0.0987. The zero-order valence-corrected chi connectivity index (χ0v) is 18.1. The lowest BCUT2D eigenvalue weighted by Crippen LogP contribution is -2.23. The normalized spacial score (nSPS) is 14.6. The molecule has 1 aliphatic rings. The van der Waals surface area contributed by atoms with Gasteiger partial charge in [-0.25, -0.2) is 0 Å². The van der Waals surface area contributed by atoms with E-state index in [9.17, 15) is 4.79 Å². The number of thioether (sulfide) groups is 1. The number of nitrogens with zero attached hydrogens (tertiary/aromatic N) is 3. The van der Waals surface area contributed by atoms with E-state index in [4.69, 9.17) is 4.74 Å². The van der Waals surface area contributed by atoms with Crippen LogP contribution in [0.4, 0.5) is 0 Å². The number of carbonyl (C=O) groups excluding carboxylic acids is 1. The smallest absolute Gasteiger partial charge is 0.244 e. The molecule has 0 aliphatic heterocycles. The van der Waals surface area contributed by atoms with E-state index in [0.29, 0.717) is 19.2 Å². The Morgan fingerprint density at radius 1 is 1.31 bits per heavy atom. The average molecular weight is 415 g/mol. The summed E-state index contributed by atoms with van der Waals surface area (Å²) < 4.78 is 7.90. The molecule has 29 heavy (non-hydrogen) atoms. The van der Waals surface area contributed by atoms with Crippen molar-refractivity contribution in [3.05, 3.63) is 41.7 Å². The number of benzene rings is 1. The van der Waals surface area contributed by atoms with E-state index < -0.39 is 0 Å². The van der Waals surface area contributed by atoms with Gasteiger partial charge in [0.05, 0.1) is 6.61 Å². The van der Waals surface area contributed by atoms with Crippen LogP contribution in [0.15, 0.2) is 35.5 Å². The highest BCUT2D eigenvalue weighted by Gasteiger charge is 2.23. The summed E-state index contributed by atoms with van der Waals surface area (Å²) in [4.78, 5) is 12.1. The van der Waals surface area contributed by atoms with Crippen molar-refractivity contribution < 1.29 is 9.53 Å². The molecule has 0 saturated heterocycles. The van der Waals surface area contributed by atoms with Gasteiger partial charge in [0.15, 0.2) is 5.16 Å². The first-order valence-electron chi connectivity index (χ1n) is 10.4. The molecule has 1 fully saturated rings. The molecule has 6 nitrogen and oxygen atoms in total. The molecule has 0 radical (unpaired) electrons. The molecule has 1 amide bonds. The SMILES string of the molecule is CCOc1ccccc1/C=C/C(=O)NCCCc1nnc(SC)n1C1CCCC1. The van der Waals surface area contributed by atoms with Crippen molar-refractivity contribution in [2.24, 2.45) is 0 Å². The van der Waals surface area contributed by atoms with Crippen LogP contribution < -0.4 is 10.1 Å². The van der Waals surface area contributed by atoms with Gasteiger partial charge in [0, 0.05) is 30.6 Å². The predicted octanol–water partition coefficient (Wildman–Crippen LogP) is 4.28. The molecule has 0 unspecified atom stereocenters. The maximum Gasteiger partial charge on any atom is 0.244 e. The van der Waals surface area contributed by atoms with Crippen LogP contribution in [-0.2, 0) is 11.2 Å². The minimum atomic E-state index is -0.0987. The molecule has 0 atom stereocenters. The van der Waals surface area contributed by atoms with Gasteiger partial charge in [0.1, 0.15) is 11.6 Å². The molecule has 2 aromatic rings. The van der Waals surface area contributed by atoms with Gasteiger partial charge in [-0.1, -0.05) is 42.8 Å². The van der Waals surface area contributed by atoms with Crippen molar-refractivity contribution in [2.45, 2.75) is 56.6 Å². The number of rotatable bonds is 10. The van der Waals surface area contributed by atoms with Crippen LogP contribution >= 0.6 is 11.8 Å². The quantitative estimate of drug-likeness (QED) is 0.357. The number of aromatic nitrogens is 3. The maximum atomic E-state index is 12.1. The van der Waals surface area contributed by atoms with Crippen molar-refractivity contribution in [1.29, 1.82) is 0 Å². The van der Waals surface area contributed by atoms with Crippen LogP contribution in [0.25, 0.3) is 6.08 Å². The molecule has 7 heteroatoms. The highest BCUT2D eigenvalue weighted by Crippen LogP contribution is 2.33. The third-order valence-electron chi connectivity index (χ3n) is 5.12. The Balaban J connectivity index is 1.48. The summed E-state index contributed by atoms with van der Waals surface area (Å²) in [7, 11) is 0. The molecule has 1 aromatic carbocycles. The zero-order chi connectivity index (χ0) is 20.5. The molecule has 1 aliphatic carbocycles. The summed E-state index contributed by atoms with van der Waals surface area (Å²) in [6.45, 7) is 3.16. The second-order valence-corrected chi connectivity index (χ2v) is 7.88. The summed E-state index contributed by atoms with van der Waals surface area (Å²) in [5.41, 5.74) is 0.902. The summed E-state index contributed by atoms with van der Waals surface area (Å²) in [6, 6.07) is 8.24. The molecule has 1 heterocycles. The van der Waals surface area contributed by atoms with Gasteiger partial charge in [0.2, 0.25) is 5.91 Å². The van der Waals surface area contributed by atoms with Crippen molar-refractivity contribution >= 4 is 23.7 Å². The van der Waals surface area contributed by atoms with Gasteiger partial charge < -0.3 is 14.6 Å². The number of para-hydroxylation sites is 1. The first-order valence-corrected chi connectivity index (χ1v) is 11.6. The van der Waals surface area contributed by atoms with Gasteiger partial charge in [-0.15, -0.1) is 10.2 Å². The minimum Gasteiger partial charge on any atom is -0.493 e. The molecule has 0 bridgehead atoms. The Labute approximate surface area is 177 Å². The molecule has 1 aromatic heterocycles. The Hall–Kier alpha value is -2.28. The molecule has 1 N–H and O–H groups in total. The van der Waals surface area contributed by atoms with Gasteiger partial charge in [-0.2, -0.15) is 0 Å². The summed E-state index contributed by atoms with van der Waals surface area (Å²) in [6.07, 6.45) is 12.1. The third-order valence-corrected chi connectivity index (χ3v) is 5.76. The van der Waals surface area contributed by atoms with E-state index in [1.807, 2.05) is 31.2 Å². The lowest BCUT2D eigenvalue weighted by Gasteiger charge is -2.16. The van der Waals surface area contributed by atoms with Crippen LogP contribution in [0.2, 0.25) is 0 Å². The molecule has 1 saturated carbocycles. The Kier molecular flexibility index (Phi) is 8.16. The van der Waals surface area contributed by atoms with E-state index in [0.717, 1.165) is 35.1 Å². The van der Waals surface area contributed by atoms with Gasteiger partial charge in [0.25, 0.3) is 0 Å². The molecule has 0 spiro atoms. The third kappa shape index (κ3) is 5.85. The van der Waals surface area contributed by atoms with Crippen LogP contribution in [-0.4, -0.2) is 40.1 Å². The summed E-state index contributed by atoms with van der Waals surface area (Å²) in [5.74, 6) is 1.73. The molecule has 3 rings (SSSR count). The maximum absolute atomic E-state index is 12.1. The monoisotopic (exact) mass is 414 g/mol.